The van der Waals surface area contributed by atoms with E-state index in [0.29, 0.717) is 11.5 Å². The number of nitrogens with one attached hydrogen (secondary N) is 1. The van der Waals surface area contributed by atoms with Gasteiger partial charge in [-0.2, -0.15) is 0 Å². The lowest BCUT2D eigenvalue weighted by Crippen LogP contribution is -2.53. The van der Waals surface area contributed by atoms with Crippen molar-refractivity contribution >= 4 is 45.2 Å². The summed E-state index contributed by atoms with van der Waals surface area (Å²) < 4.78 is 13.5. The minimum absolute atomic E-state index is 0.0125. The maximum absolute atomic E-state index is 14.9. The molecule has 1 aliphatic heterocycles. The van der Waals surface area contributed by atoms with Gasteiger partial charge in [0, 0.05) is 22.6 Å². The van der Waals surface area contributed by atoms with Gasteiger partial charge in [0.1, 0.15) is 0 Å². The van der Waals surface area contributed by atoms with Crippen molar-refractivity contribution in [3.63, 3.8) is 0 Å². The van der Waals surface area contributed by atoms with Gasteiger partial charge in [0.2, 0.25) is 1.68 Å². The Hall–Kier alpha value is -0.210. The van der Waals surface area contributed by atoms with Crippen LogP contribution in [0, 0.1) is 34.0 Å². The van der Waals surface area contributed by atoms with Crippen LogP contribution in [0.1, 0.15) is 144 Å². The largest absolute Gasteiger partial charge is 0.302 e. The maximum Gasteiger partial charge on any atom is 0.235 e. The molecule has 1 saturated heterocycles. The molecule has 0 saturated carbocycles. The Balaban J connectivity index is 2.15. The van der Waals surface area contributed by atoms with E-state index in [9.17, 15) is 4.39 Å². The number of rotatable bonds is 10. The van der Waals surface area contributed by atoms with Gasteiger partial charge in [0.25, 0.3) is 0 Å². The third-order valence-electron chi connectivity index (χ3n) is 12.8. The molecule has 1 fully saturated rings. The van der Waals surface area contributed by atoms with Crippen LogP contribution in [0.15, 0.2) is 48.5 Å². The van der Waals surface area contributed by atoms with Crippen molar-refractivity contribution in [1.82, 2.24) is 5.32 Å². The van der Waals surface area contributed by atoms with Crippen LogP contribution < -0.4 is 5.32 Å². The van der Waals surface area contributed by atoms with Gasteiger partial charge in [-0.3, -0.25) is 0 Å². The van der Waals surface area contributed by atoms with Gasteiger partial charge in [0.15, 0.2) is 0 Å². The molecule has 0 amide bonds. The molecule has 0 radical (unpaired) electrons. The summed E-state index contributed by atoms with van der Waals surface area (Å²) in [5, 5.41) is 4.12. The number of alkyl halides is 3. The molecule has 1 aliphatic rings. The number of hydrogen-bond donors (Lipinski definition) is 1. The van der Waals surface area contributed by atoms with E-state index in [1.165, 1.54) is 16.7 Å². The average molecular weight is 816 g/mol. The maximum atomic E-state index is 14.9. The summed E-state index contributed by atoms with van der Waals surface area (Å²) in [6.45, 7) is 36.2. The molecular formula is C39H60FI2N. The summed E-state index contributed by atoms with van der Waals surface area (Å²) in [5.74, 6) is 0.664. The van der Waals surface area contributed by atoms with Crippen LogP contribution in [0.3, 0.4) is 0 Å². The van der Waals surface area contributed by atoms with Crippen molar-refractivity contribution in [2.24, 2.45) is 27.1 Å². The predicted octanol–water partition coefficient (Wildman–Crippen LogP) is 12.9. The lowest BCUT2D eigenvalue weighted by Gasteiger charge is -2.60. The van der Waals surface area contributed by atoms with Gasteiger partial charge in [-0.1, -0.05) is 137 Å². The van der Waals surface area contributed by atoms with Crippen molar-refractivity contribution in [1.29, 1.82) is 0 Å². The molecule has 1 heterocycles. The van der Waals surface area contributed by atoms with Gasteiger partial charge in [-0.15, -0.1) is 0 Å². The van der Waals surface area contributed by atoms with E-state index in [1.54, 1.807) is 0 Å². The molecule has 0 aliphatic carbocycles. The van der Waals surface area contributed by atoms with Crippen LogP contribution in [-0.2, 0) is 1.68 Å². The van der Waals surface area contributed by atoms with Crippen molar-refractivity contribution in [3.8, 4) is 0 Å². The Morgan fingerprint density at radius 3 is 1.60 bits per heavy atom. The second-order valence-corrected chi connectivity index (χ2v) is 23.0. The molecule has 4 heteroatoms. The van der Waals surface area contributed by atoms with E-state index >= 15 is 0 Å². The Morgan fingerprint density at radius 1 is 0.721 bits per heavy atom. The van der Waals surface area contributed by atoms with Gasteiger partial charge < -0.3 is 5.32 Å². The molecule has 2 aromatic rings. The molecule has 1 N–H and O–H groups in total. The molecule has 4 unspecified atom stereocenters. The summed E-state index contributed by atoms with van der Waals surface area (Å²) in [5.41, 5.74) is 4.98. The zero-order chi connectivity index (χ0) is 33.2. The van der Waals surface area contributed by atoms with E-state index in [2.05, 4.69) is 146 Å². The van der Waals surface area contributed by atoms with Crippen molar-refractivity contribution in [2.75, 3.05) is 0 Å². The third kappa shape index (κ3) is 7.21. The highest BCUT2D eigenvalue weighted by Crippen LogP contribution is 2.66. The van der Waals surface area contributed by atoms with E-state index in [-0.39, 0.29) is 44.1 Å². The summed E-state index contributed by atoms with van der Waals surface area (Å²) in [4.78, 5) is 0. The monoisotopic (exact) mass is 815 g/mol. The fraction of sp³-hybridized carbons (Fsp3) is 0.692. The van der Waals surface area contributed by atoms with Gasteiger partial charge in [0.05, 0.1) is 0 Å². The minimum atomic E-state index is -1.41. The van der Waals surface area contributed by atoms with Crippen LogP contribution in [-0.4, -0.2) is 11.1 Å². The van der Waals surface area contributed by atoms with E-state index < -0.39 is 1.68 Å². The lowest BCUT2D eigenvalue weighted by atomic mass is 9.44. The highest BCUT2D eigenvalue weighted by Gasteiger charge is 2.66. The van der Waals surface area contributed by atoms with E-state index in [1.807, 2.05) is 57.3 Å². The Morgan fingerprint density at radius 2 is 1.19 bits per heavy atom. The SMILES string of the molecule is Cc1ccc(C(CC(C)(C)C)C2(C)NC2(C)CC(c2ccc(C(F)(I)I)cc2)C(C)(C)C(C)(C)C(C)(C)C(C)(C)C)cc1. The van der Waals surface area contributed by atoms with Gasteiger partial charge in [-0.05, 0) is 123 Å². The molecule has 3 rings (SSSR count). The van der Waals surface area contributed by atoms with Crippen LogP contribution >= 0.6 is 45.2 Å². The first-order chi connectivity index (χ1) is 19.1. The van der Waals surface area contributed by atoms with Crippen LogP contribution in [0.5, 0.6) is 0 Å². The van der Waals surface area contributed by atoms with Gasteiger partial charge in [-0.25, -0.2) is 4.39 Å². The quantitative estimate of drug-likeness (QED) is 0.144. The lowest BCUT2D eigenvalue weighted by molar-refractivity contribution is -0.100. The molecule has 43 heavy (non-hydrogen) atoms. The van der Waals surface area contributed by atoms with Crippen molar-refractivity contribution in [2.45, 2.75) is 141 Å². The zero-order valence-corrected chi connectivity index (χ0v) is 34.1. The highest BCUT2D eigenvalue weighted by atomic mass is 127. The topological polar surface area (TPSA) is 21.9 Å². The number of benzene rings is 2. The van der Waals surface area contributed by atoms with Crippen LogP contribution in [0.4, 0.5) is 4.39 Å². The Kier molecular flexibility index (Phi) is 10.2. The van der Waals surface area contributed by atoms with Crippen LogP contribution in [0.25, 0.3) is 0 Å². The smallest absolute Gasteiger partial charge is 0.235 e. The van der Waals surface area contributed by atoms with Crippen molar-refractivity contribution in [3.05, 3.63) is 70.8 Å². The average Bonchev–Trinajstić information content (AvgIpc) is 3.40. The molecule has 0 spiro atoms. The molecule has 1 nitrogen and oxygen atoms in total. The molecular weight excluding hydrogens is 755 g/mol. The standard InChI is InChI=1S/C39H60FI2N/c1-26-16-18-28(19-17-26)31(24-32(2,3)4)38(15)37(14,43-38)25-30(27-20-22-29(23-21-27)39(40,41)42)34(8,9)36(12,13)35(10,11)33(5,6)7/h16-23,30-31,43H,24-25H2,1-15H3. The molecule has 4 atom stereocenters. The second kappa shape index (κ2) is 11.8. The first-order valence-corrected chi connectivity index (χ1v) is 18.3. The molecule has 0 aromatic heterocycles. The number of hydrogen-bond acceptors (Lipinski definition) is 1. The summed E-state index contributed by atoms with van der Waals surface area (Å²) in [6.07, 6.45) is 2.13. The van der Waals surface area contributed by atoms with Crippen LogP contribution in [0.2, 0.25) is 0 Å². The number of halogens is 3. The fourth-order valence-electron chi connectivity index (χ4n) is 7.62. The summed E-state index contributed by atoms with van der Waals surface area (Å²) >= 11 is 3.78. The van der Waals surface area contributed by atoms with Crippen molar-refractivity contribution < 1.29 is 4.39 Å². The number of aryl methyl sites for hydroxylation is 1. The normalized spacial score (nSPS) is 23.7. The fourth-order valence-corrected chi connectivity index (χ4v) is 8.34. The van der Waals surface area contributed by atoms with E-state index in [0.717, 1.165) is 12.8 Å². The zero-order valence-electron chi connectivity index (χ0n) is 29.8. The second-order valence-electron chi connectivity index (χ2n) is 18.0. The Bertz CT molecular complexity index is 1250. The Labute approximate surface area is 292 Å². The minimum Gasteiger partial charge on any atom is -0.302 e. The predicted molar refractivity (Wildman–Crippen MR) is 203 cm³/mol. The van der Waals surface area contributed by atoms with Gasteiger partial charge >= 0.3 is 0 Å². The first kappa shape index (κ1) is 37.2. The summed E-state index contributed by atoms with van der Waals surface area (Å²) in [7, 11) is 0. The molecule has 0 bridgehead atoms. The van der Waals surface area contributed by atoms with E-state index in [4.69, 9.17) is 0 Å². The third-order valence-corrected chi connectivity index (χ3v) is 14.0. The molecule has 242 valence electrons. The highest BCUT2D eigenvalue weighted by molar-refractivity contribution is 14.2. The summed E-state index contributed by atoms with van der Waals surface area (Å²) in [6, 6.07) is 17.7. The first-order valence-electron chi connectivity index (χ1n) is 16.1. The molecule has 2 aromatic carbocycles.